The number of methoxy groups -OCH3 is 2. The van der Waals surface area contributed by atoms with Crippen molar-refractivity contribution in [3.8, 4) is 17.2 Å². The summed E-state index contributed by atoms with van der Waals surface area (Å²) in [5, 5.41) is 9.34. The fourth-order valence-electron chi connectivity index (χ4n) is 2.12. The Hall–Kier alpha value is -1.95. The molecule has 2 rings (SSSR count). The van der Waals surface area contributed by atoms with Gasteiger partial charge in [0, 0.05) is 11.6 Å². The lowest BCUT2D eigenvalue weighted by molar-refractivity contribution is 0.256. The molecule has 0 radical (unpaired) electrons. The van der Waals surface area contributed by atoms with E-state index in [1.807, 2.05) is 30.3 Å². The van der Waals surface area contributed by atoms with E-state index in [9.17, 15) is 5.11 Å². The molecule has 2 aromatic carbocycles. The fraction of sp³-hybridized carbons (Fsp3) is 0.294. The van der Waals surface area contributed by atoms with Crippen molar-refractivity contribution in [3.05, 3.63) is 53.6 Å². The van der Waals surface area contributed by atoms with Gasteiger partial charge in [-0.2, -0.15) is 0 Å². The van der Waals surface area contributed by atoms with Gasteiger partial charge in [-0.15, -0.1) is 12.4 Å². The van der Waals surface area contributed by atoms with Crippen molar-refractivity contribution in [3.63, 3.8) is 0 Å². The van der Waals surface area contributed by atoms with Crippen molar-refractivity contribution >= 4 is 12.4 Å². The summed E-state index contributed by atoms with van der Waals surface area (Å²) in [7, 11) is 3.11. The zero-order valence-electron chi connectivity index (χ0n) is 13.2. The van der Waals surface area contributed by atoms with Gasteiger partial charge in [-0.1, -0.05) is 30.3 Å². The zero-order valence-corrected chi connectivity index (χ0v) is 14.0. The molecule has 0 saturated carbocycles. The van der Waals surface area contributed by atoms with Gasteiger partial charge in [0.15, 0.2) is 11.5 Å². The third-order valence-corrected chi connectivity index (χ3v) is 3.35. The lowest BCUT2D eigenvalue weighted by Gasteiger charge is -2.18. The number of rotatable bonds is 7. The van der Waals surface area contributed by atoms with E-state index in [2.05, 4.69) is 0 Å². The third-order valence-electron chi connectivity index (χ3n) is 3.35. The number of ether oxygens (including phenoxy) is 3. The lowest BCUT2D eigenvalue weighted by Crippen LogP contribution is -2.16. The highest BCUT2D eigenvalue weighted by Gasteiger charge is 2.17. The van der Waals surface area contributed by atoms with E-state index < -0.39 is 6.04 Å². The Kier molecular flexibility index (Phi) is 7.68. The van der Waals surface area contributed by atoms with Gasteiger partial charge in [0.25, 0.3) is 0 Å². The van der Waals surface area contributed by atoms with E-state index in [0.29, 0.717) is 29.4 Å². The van der Waals surface area contributed by atoms with Crippen LogP contribution in [-0.4, -0.2) is 25.9 Å². The molecule has 0 saturated heterocycles. The molecular formula is C17H22ClNO4. The predicted molar refractivity (Wildman–Crippen MR) is 91.6 cm³/mol. The molecule has 0 aromatic heterocycles. The van der Waals surface area contributed by atoms with E-state index >= 15 is 0 Å². The number of halogens is 1. The largest absolute Gasteiger partial charge is 0.493 e. The second-order valence-electron chi connectivity index (χ2n) is 4.81. The van der Waals surface area contributed by atoms with Gasteiger partial charge in [0.2, 0.25) is 0 Å². The minimum Gasteiger partial charge on any atom is -0.493 e. The SMILES string of the molecule is COc1cc(OCc2ccccc2)c([C@@H](N)CO)cc1OC.Cl. The molecule has 0 amide bonds. The van der Waals surface area contributed by atoms with Crippen molar-refractivity contribution in [1.82, 2.24) is 0 Å². The molecule has 0 aliphatic carbocycles. The van der Waals surface area contributed by atoms with Crippen LogP contribution < -0.4 is 19.9 Å². The maximum Gasteiger partial charge on any atom is 0.164 e. The van der Waals surface area contributed by atoms with Crippen LogP contribution in [0, 0.1) is 0 Å². The van der Waals surface area contributed by atoms with Crippen LogP contribution >= 0.6 is 12.4 Å². The molecular weight excluding hydrogens is 318 g/mol. The summed E-state index contributed by atoms with van der Waals surface area (Å²) in [6.45, 7) is 0.221. The molecule has 0 bridgehead atoms. The van der Waals surface area contributed by atoms with Crippen LogP contribution in [0.15, 0.2) is 42.5 Å². The highest BCUT2D eigenvalue weighted by atomic mass is 35.5. The van der Waals surface area contributed by atoms with Crippen LogP contribution in [0.5, 0.6) is 17.2 Å². The van der Waals surface area contributed by atoms with Crippen molar-refractivity contribution in [2.45, 2.75) is 12.6 Å². The summed E-state index contributed by atoms with van der Waals surface area (Å²) in [6.07, 6.45) is 0. The van der Waals surface area contributed by atoms with Gasteiger partial charge < -0.3 is 25.1 Å². The van der Waals surface area contributed by atoms with Gasteiger partial charge in [-0.3, -0.25) is 0 Å². The average molecular weight is 340 g/mol. The number of benzene rings is 2. The molecule has 0 unspecified atom stereocenters. The average Bonchev–Trinajstić information content (AvgIpc) is 2.59. The van der Waals surface area contributed by atoms with E-state index in [0.717, 1.165) is 5.56 Å². The summed E-state index contributed by atoms with van der Waals surface area (Å²) in [5.74, 6) is 1.68. The summed E-state index contributed by atoms with van der Waals surface area (Å²) in [4.78, 5) is 0. The molecule has 3 N–H and O–H groups in total. The van der Waals surface area contributed by atoms with Crippen molar-refractivity contribution < 1.29 is 19.3 Å². The van der Waals surface area contributed by atoms with Gasteiger partial charge in [0.1, 0.15) is 12.4 Å². The molecule has 0 aliphatic heterocycles. The molecule has 0 fully saturated rings. The first-order chi connectivity index (χ1) is 10.7. The molecule has 6 heteroatoms. The Labute approximate surface area is 142 Å². The Bertz CT molecular complexity index is 607. The molecule has 126 valence electrons. The van der Waals surface area contributed by atoms with Crippen molar-refractivity contribution in [2.24, 2.45) is 5.73 Å². The monoisotopic (exact) mass is 339 g/mol. The quantitative estimate of drug-likeness (QED) is 0.811. The lowest BCUT2D eigenvalue weighted by atomic mass is 10.1. The minimum atomic E-state index is -0.550. The fourth-order valence-corrected chi connectivity index (χ4v) is 2.12. The third kappa shape index (κ3) is 4.76. The number of nitrogens with two attached hydrogens (primary N) is 1. The normalized spacial score (nSPS) is 11.3. The number of aliphatic hydroxyl groups excluding tert-OH is 1. The molecule has 0 heterocycles. The summed E-state index contributed by atoms with van der Waals surface area (Å²) in [6, 6.07) is 12.7. The summed E-state index contributed by atoms with van der Waals surface area (Å²) in [5.41, 5.74) is 7.67. The van der Waals surface area contributed by atoms with E-state index in [1.54, 1.807) is 26.4 Å². The summed E-state index contributed by atoms with van der Waals surface area (Å²) < 4.78 is 16.4. The van der Waals surface area contributed by atoms with Crippen molar-refractivity contribution in [1.29, 1.82) is 0 Å². The maximum absolute atomic E-state index is 9.34. The Morgan fingerprint density at radius 3 is 2.17 bits per heavy atom. The number of hydrogen-bond acceptors (Lipinski definition) is 5. The zero-order chi connectivity index (χ0) is 15.9. The van der Waals surface area contributed by atoms with Crippen molar-refractivity contribution in [2.75, 3.05) is 20.8 Å². The first kappa shape index (κ1) is 19.1. The van der Waals surface area contributed by atoms with Crippen LogP contribution in [0.25, 0.3) is 0 Å². The minimum absolute atomic E-state index is 0. The van der Waals surface area contributed by atoms with Gasteiger partial charge >= 0.3 is 0 Å². The Balaban J connectivity index is 0.00000264. The second kappa shape index (κ2) is 9.25. The van der Waals surface area contributed by atoms with Gasteiger partial charge in [-0.05, 0) is 11.6 Å². The number of hydrogen-bond donors (Lipinski definition) is 2. The summed E-state index contributed by atoms with van der Waals surface area (Å²) >= 11 is 0. The molecule has 1 atom stereocenters. The highest BCUT2D eigenvalue weighted by molar-refractivity contribution is 5.85. The molecule has 0 spiro atoms. The van der Waals surface area contributed by atoms with Gasteiger partial charge in [0.05, 0.1) is 26.9 Å². The Morgan fingerprint density at radius 2 is 1.61 bits per heavy atom. The topological polar surface area (TPSA) is 73.9 Å². The second-order valence-corrected chi connectivity index (χ2v) is 4.81. The Morgan fingerprint density at radius 1 is 1.00 bits per heavy atom. The van der Waals surface area contributed by atoms with Gasteiger partial charge in [-0.25, -0.2) is 0 Å². The van der Waals surface area contributed by atoms with E-state index in [4.69, 9.17) is 19.9 Å². The van der Waals surface area contributed by atoms with E-state index in [-0.39, 0.29) is 19.0 Å². The molecule has 5 nitrogen and oxygen atoms in total. The maximum atomic E-state index is 9.34. The van der Waals surface area contributed by atoms with E-state index in [1.165, 1.54) is 0 Å². The van der Waals surface area contributed by atoms with Crippen LogP contribution in [0.4, 0.5) is 0 Å². The smallest absolute Gasteiger partial charge is 0.164 e. The molecule has 0 aliphatic rings. The van der Waals surface area contributed by atoms with Crippen LogP contribution in [0.1, 0.15) is 17.2 Å². The standard InChI is InChI=1S/C17H21NO4.ClH/c1-20-16-8-13(14(18)10-19)15(9-17(16)21-2)22-11-12-6-4-3-5-7-12;/h3-9,14,19H,10-11,18H2,1-2H3;1H/t14-;/m0./s1. The first-order valence-corrected chi connectivity index (χ1v) is 6.98. The molecule has 23 heavy (non-hydrogen) atoms. The van der Waals surface area contributed by atoms with Crippen LogP contribution in [-0.2, 0) is 6.61 Å². The highest BCUT2D eigenvalue weighted by Crippen LogP contribution is 2.37. The molecule has 2 aromatic rings. The predicted octanol–water partition coefficient (Wildman–Crippen LogP) is 2.70. The van der Waals surface area contributed by atoms with Crippen LogP contribution in [0.2, 0.25) is 0 Å². The number of aliphatic hydroxyl groups is 1. The van der Waals surface area contributed by atoms with Crippen LogP contribution in [0.3, 0.4) is 0 Å². The first-order valence-electron chi connectivity index (χ1n) is 6.98.